The number of rotatable bonds is 7. The van der Waals surface area contributed by atoms with Crippen molar-refractivity contribution in [2.45, 2.75) is 44.2 Å². The minimum absolute atomic E-state index is 0.0763. The lowest BCUT2D eigenvalue weighted by molar-refractivity contribution is 0.236. The Morgan fingerprint density at radius 2 is 1.69 bits per heavy atom. The summed E-state index contributed by atoms with van der Waals surface area (Å²) in [5, 5.41) is 0.0763. The van der Waals surface area contributed by atoms with E-state index in [2.05, 4.69) is 13.8 Å². The smallest absolute Gasteiger partial charge is 0.356 e. The maximum absolute atomic E-state index is 6.29. The lowest BCUT2D eigenvalue weighted by Crippen LogP contribution is -2.49. The molecule has 0 rings (SSSR count). The van der Waals surface area contributed by atoms with E-state index < -0.39 is 8.56 Å². The van der Waals surface area contributed by atoms with Crippen LogP contribution in [0.4, 0.5) is 0 Å². The highest BCUT2D eigenvalue weighted by Gasteiger charge is 2.42. The molecule has 0 saturated heterocycles. The molecule has 0 bridgehead atoms. The van der Waals surface area contributed by atoms with Gasteiger partial charge in [0.1, 0.15) is 0 Å². The van der Waals surface area contributed by atoms with Gasteiger partial charge in [-0.3, -0.25) is 0 Å². The van der Waals surface area contributed by atoms with Gasteiger partial charge in [0.05, 0.1) is 5.00 Å². The maximum atomic E-state index is 6.29. The van der Waals surface area contributed by atoms with Crippen LogP contribution in [0, 0.1) is 0 Å². The normalized spacial score (nSPS) is 14.5. The van der Waals surface area contributed by atoms with Crippen LogP contribution in [0.2, 0.25) is 6.04 Å². The maximum Gasteiger partial charge on any atom is 0.356 e. The zero-order valence-corrected chi connectivity index (χ0v) is 10.9. The van der Waals surface area contributed by atoms with E-state index in [9.17, 15) is 0 Å². The van der Waals surface area contributed by atoms with Gasteiger partial charge in [0.15, 0.2) is 0 Å². The monoisotopic (exact) mass is 224 g/mol. The Morgan fingerprint density at radius 3 is 2.00 bits per heavy atom. The molecule has 1 unspecified atom stereocenters. The van der Waals surface area contributed by atoms with Crippen molar-refractivity contribution >= 4 is 20.2 Å². The molecular weight excluding hydrogens is 204 g/mol. The molecule has 0 heterocycles. The fourth-order valence-corrected chi connectivity index (χ4v) is 5.43. The van der Waals surface area contributed by atoms with Gasteiger partial charge in [0.2, 0.25) is 0 Å². The number of alkyl halides is 1. The molecule has 4 heteroatoms. The van der Waals surface area contributed by atoms with Gasteiger partial charge in [0, 0.05) is 14.2 Å². The first-order chi connectivity index (χ1) is 6.16. The topological polar surface area (TPSA) is 18.5 Å². The molecule has 1 atom stereocenters. The number of hydrogen-bond donors (Lipinski definition) is 0. The molecule has 0 aliphatic heterocycles. The average molecular weight is 225 g/mol. The average Bonchev–Trinajstić information content (AvgIpc) is 2.14. The molecule has 0 fully saturated rings. The highest BCUT2D eigenvalue weighted by Crippen LogP contribution is 2.26. The SMILES string of the molecule is CCCC(Cl)[Si](CCC)(OC)OC. The van der Waals surface area contributed by atoms with Crippen molar-refractivity contribution in [3.8, 4) is 0 Å². The van der Waals surface area contributed by atoms with Crippen molar-refractivity contribution in [1.29, 1.82) is 0 Å². The molecule has 0 spiro atoms. The summed E-state index contributed by atoms with van der Waals surface area (Å²) < 4.78 is 11.1. The summed E-state index contributed by atoms with van der Waals surface area (Å²) in [6, 6.07) is 0.980. The van der Waals surface area contributed by atoms with Gasteiger partial charge < -0.3 is 8.85 Å². The first-order valence-electron chi connectivity index (χ1n) is 4.91. The Bertz CT molecular complexity index is 129. The number of hydrogen-bond acceptors (Lipinski definition) is 2. The largest absolute Gasteiger partial charge is 0.397 e. The molecule has 0 aromatic heterocycles. The van der Waals surface area contributed by atoms with E-state index in [1.165, 1.54) is 0 Å². The highest BCUT2D eigenvalue weighted by molar-refractivity contribution is 6.76. The van der Waals surface area contributed by atoms with Crippen LogP contribution >= 0.6 is 11.6 Å². The van der Waals surface area contributed by atoms with Gasteiger partial charge in [-0.2, -0.15) is 0 Å². The molecule has 0 saturated carbocycles. The van der Waals surface area contributed by atoms with Crippen LogP contribution in [0.5, 0.6) is 0 Å². The fraction of sp³-hybridized carbons (Fsp3) is 1.00. The van der Waals surface area contributed by atoms with E-state index in [1.807, 2.05) is 0 Å². The van der Waals surface area contributed by atoms with Crippen LogP contribution in [0.25, 0.3) is 0 Å². The predicted molar refractivity (Wildman–Crippen MR) is 59.4 cm³/mol. The highest BCUT2D eigenvalue weighted by atomic mass is 35.5. The zero-order valence-electron chi connectivity index (χ0n) is 9.10. The van der Waals surface area contributed by atoms with E-state index in [0.29, 0.717) is 0 Å². The van der Waals surface area contributed by atoms with E-state index >= 15 is 0 Å². The van der Waals surface area contributed by atoms with Gasteiger partial charge in [-0.05, 0) is 12.5 Å². The van der Waals surface area contributed by atoms with Crippen molar-refractivity contribution in [3.63, 3.8) is 0 Å². The predicted octanol–water partition coefficient (Wildman–Crippen LogP) is 3.08. The fourth-order valence-electron chi connectivity index (χ4n) is 1.52. The third kappa shape index (κ3) is 3.58. The summed E-state index contributed by atoms with van der Waals surface area (Å²) in [6.07, 6.45) is 3.13. The van der Waals surface area contributed by atoms with E-state index in [1.54, 1.807) is 14.2 Å². The summed E-state index contributed by atoms with van der Waals surface area (Å²) in [5.41, 5.74) is 0. The zero-order chi connectivity index (χ0) is 10.3. The summed E-state index contributed by atoms with van der Waals surface area (Å²) >= 11 is 6.29. The molecule has 13 heavy (non-hydrogen) atoms. The van der Waals surface area contributed by atoms with Crippen molar-refractivity contribution in [3.05, 3.63) is 0 Å². The van der Waals surface area contributed by atoms with Gasteiger partial charge in [0.25, 0.3) is 0 Å². The van der Waals surface area contributed by atoms with Crippen molar-refractivity contribution in [2.24, 2.45) is 0 Å². The Balaban J connectivity index is 4.33. The minimum atomic E-state index is -2.10. The van der Waals surface area contributed by atoms with Crippen LogP contribution < -0.4 is 0 Å². The van der Waals surface area contributed by atoms with Crippen LogP contribution in [0.1, 0.15) is 33.1 Å². The van der Waals surface area contributed by atoms with Crippen LogP contribution in [-0.4, -0.2) is 27.8 Å². The van der Waals surface area contributed by atoms with Crippen molar-refractivity contribution in [1.82, 2.24) is 0 Å². The van der Waals surface area contributed by atoms with Gasteiger partial charge in [-0.25, -0.2) is 0 Å². The molecule has 80 valence electrons. The quantitative estimate of drug-likeness (QED) is 0.489. The first-order valence-corrected chi connectivity index (χ1v) is 7.45. The van der Waals surface area contributed by atoms with E-state index in [0.717, 1.165) is 25.3 Å². The third-order valence-electron chi connectivity index (χ3n) is 2.31. The Hall–Kier alpha value is 0.427. The van der Waals surface area contributed by atoms with Gasteiger partial charge >= 0.3 is 8.56 Å². The molecule has 0 amide bonds. The standard InChI is InChI=1S/C9H21ClO2Si/c1-5-7-9(10)13(11-3,12-4)8-6-2/h9H,5-8H2,1-4H3. The summed E-state index contributed by atoms with van der Waals surface area (Å²) in [6.45, 7) is 4.27. The number of halogens is 1. The van der Waals surface area contributed by atoms with Crippen LogP contribution in [-0.2, 0) is 8.85 Å². The Morgan fingerprint density at radius 1 is 1.15 bits per heavy atom. The van der Waals surface area contributed by atoms with Gasteiger partial charge in [-0.1, -0.05) is 26.7 Å². The molecule has 0 N–H and O–H groups in total. The summed E-state index contributed by atoms with van der Waals surface area (Å²) in [5.74, 6) is 0. The van der Waals surface area contributed by atoms with Gasteiger partial charge in [-0.15, -0.1) is 11.6 Å². The van der Waals surface area contributed by atoms with Crippen LogP contribution in [0.15, 0.2) is 0 Å². The van der Waals surface area contributed by atoms with Crippen molar-refractivity contribution < 1.29 is 8.85 Å². The molecule has 0 aliphatic carbocycles. The molecule has 0 aliphatic rings. The van der Waals surface area contributed by atoms with Crippen LogP contribution in [0.3, 0.4) is 0 Å². The summed E-state index contributed by atoms with van der Waals surface area (Å²) in [7, 11) is 1.33. The molecule has 2 nitrogen and oxygen atoms in total. The second-order valence-electron chi connectivity index (χ2n) is 3.23. The lowest BCUT2D eigenvalue weighted by atomic mass is 10.4. The lowest BCUT2D eigenvalue weighted by Gasteiger charge is -2.31. The first kappa shape index (κ1) is 13.4. The second-order valence-corrected chi connectivity index (χ2v) is 7.76. The molecule has 0 aromatic carbocycles. The molecule has 0 aromatic rings. The Kier molecular flexibility index (Phi) is 7.04. The molecule has 0 radical (unpaired) electrons. The van der Waals surface area contributed by atoms with E-state index in [4.69, 9.17) is 20.5 Å². The third-order valence-corrected chi connectivity index (χ3v) is 7.35. The second kappa shape index (κ2) is 6.82. The van der Waals surface area contributed by atoms with Crippen molar-refractivity contribution in [2.75, 3.05) is 14.2 Å². The molecular formula is C9H21ClO2Si. The minimum Gasteiger partial charge on any atom is -0.397 e. The summed E-state index contributed by atoms with van der Waals surface area (Å²) in [4.78, 5) is 0. The van der Waals surface area contributed by atoms with E-state index in [-0.39, 0.29) is 5.00 Å². The Labute approximate surface area is 87.8 Å².